The molecule has 0 aliphatic rings. The summed E-state index contributed by atoms with van der Waals surface area (Å²) in [6.45, 7) is 7.89. The van der Waals surface area contributed by atoms with Crippen LogP contribution in [-0.4, -0.2) is 46.7 Å². The van der Waals surface area contributed by atoms with E-state index in [0.717, 1.165) is 25.9 Å². The van der Waals surface area contributed by atoms with E-state index in [4.69, 9.17) is 9.47 Å². The first-order valence-electron chi connectivity index (χ1n) is 7.08. The van der Waals surface area contributed by atoms with E-state index < -0.39 is 10.1 Å². The Morgan fingerprint density at radius 3 is 2.26 bits per heavy atom. The molecule has 0 rings (SSSR count). The normalized spacial score (nSPS) is 13.6. The third-order valence-corrected chi connectivity index (χ3v) is 4.02. The molecule has 0 aromatic rings. The molecule has 0 saturated carbocycles. The highest BCUT2D eigenvalue weighted by Gasteiger charge is 2.08. The fourth-order valence-electron chi connectivity index (χ4n) is 1.39. The second-order valence-corrected chi connectivity index (χ2v) is 6.19. The number of rotatable bonds is 13. The van der Waals surface area contributed by atoms with E-state index >= 15 is 0 Å². The Bertz CT molecular complexity index is 289. The molecule has 0 aliphatic heterocycles. The summed E-state index contributed by atoms with van der Waals surface area (Å²) in [6.07, 6.45) is 3.75. The minimum absolute atomic E-state index is 0.0258. The van der Waals surface area contributed by atoms with Gasteiger partial charge >= 0.3 is 0 Å². The standard InChI is InChI=1S/C13H28O5S/c1-4-13(3)17-11-7-6-9-16-10-8-12-19(14,15)18-5-2/h13H,4-12H2,1-3H3. The Labute approximate surface area is 117 Å². The van der Waals surface area contributed by atoms with Crippen molar-refractivity contribution in [2.45, 2.75) is 52.6 Å². The van der Waals surface area contributed by atoms with Crippen molar-refractivity contribution in [3.63, 3.8) is 0 Å². The molecule has 6 heteroatoms. The van der Waals surface area contributed by atoms with Gasteiger partial charge < -0.3 is 9.47 Å². The van der Waals surface area contributed by atoms with Crippen molar-refractivity contribution in [2.75, 3.05) is 32.2 Å². The summed E-state index contributed by atoms with van der Waals surface area (Å²) < 4.78 is 37.9. The van der Waals surface area contributed by atoms with E-state index in [1.165, 1.54) is 0 Å². The van der Waals surface area contributed by atoms with E-state index in [-0.39, 0.29) is 12.4 Å². The van der Waals surface area contributed by atoms with E-state index in [0.29, 0.717) is 25.7 Å². The summed E-state index contributed by atoms with van der Waals surface area (Å²) in [5.74, 6) is 0.0258. The van der Waals surface area contributed by atoms with Gasteiger partial charge in [-0.1, -0.05) is 6.92 Å². The summed E-state index contributed by atoms with van der Waals surface area (Å²) in [5.41, 5.74) is 0. The van der Waals surface area contributed by atoms with Gasteiger partial charge in [0, 0.05) is 19.8 Å². The second kappa shape index (κ2) is 11.6. The Hall–Kier alpha value is -0.170. The van der Waals surface area contributed by atoms with E-state index in [9.17, 15) is 8.42 Å². The molecule has 0 spiro atoms. The molecule has 1 unspecified atom stereocenters. The zero-order valence-electron chi connectivity index (χ0n) is 12.4. The summed E-state index contributed by atoms with van der Waals surface area (Å²) in [5, 5.41) is 0. The minimum atomic E-state index is -3.35. The van der Waals surface area contributed by atoms with Crippen LogP contribution in [0, 0.1) is 0 Å². The zero-order chi connectivity index (χ0) is 14.6. The van der Waals surface area contributed by atoms with Gasteiger partial charge in [0.05, 0.1) is 18.5 Å². The zero-order valence-corrected chi connectivity index (χ0v) is 13.2. The average Bonchev–Trinajstić information content (AvgIpc) is 2.36. The third kappa shape index (κ3) is 12.6. The summed E-state index contributed by atoms with van der Waals surface area (Å²) in [4.78, 5) is 0. The van der Waals surface area contributed by atoms with Crippen molar-refractivity contribution in [3.05, 3.63) is 0 Å². The molecule has 0 amide bonds. The molecular formula is C13H28O5S. The molecule has 0 heterocycles. The molecule has 0 aromatic heterocycles. The van der Waals surface area contributed by atoms with Gasteiger partial charge in [-0.05, 0) is 39.5 Å². The van der Waals surface area contributed by atoms with Gasteiger partial charge in [-0.3, -0.25) is 4.18 Å². The van der Waals surface area contributed by atoms with Gasteiger partial charge in [0.2, 0.25) is 0 Å². The first kappa shape index (κ1) is 18.8. The minimum Gasteiger partial charge on any atom is -0.381 e. The summed E-state index contributed by atoms with van der Waals surface area (Å²) >= 11 is 0. The fraction of sp³-hybridized carbons (Fsp3) is 1.00. The highest BCUT2D eigenvalue weighted by Crippen LogP contribution is 2.00. The van der Waals surface area contributed by atoms with Gasteiger partial charge in [-0.25, -0.2) is 0 Å². The van der Waals surface area contributed by atoms with Crippen LogP contribution in [0.1, 0.15) is 46.5 Å². The molecule has 0 radical (unpaired) electrons. The van der Waals surface area contributed by atoms with Gasteiger partial charge in [0.1, 0.15) is 0 Å². The van der Waals surface area contributed by atoms with Crippen LogP contribution >= 0.6 is 0 Å². The van der Waals surface area contributed by atoms with Crippen molar-refractivity contribution in [1.29, 1.82) is 0 Å². The average molecular weight is 296 g/mol. The van der Waals surface area contributed by atoms with Gasteiger partial charge in [0.15, 0.2) is 0 Å². The van der Waals surface area contributed by atoms with Crippen molar-refractivity contribution < 1.29 is 22.1 Å². The van der Waals surface area contributed by atoms with Crippen molar-refractivity contribution in [2.24, 2.45) is 0 Å². The molecule has 0 aromatic carbocycles. The molecule has 19 heavy (non-hydrogen) atoms. The van der Waals surface area contributed by atoms with Crippen LogP contribution in [0.3, 0.4) is 0 Å². The van der Waals surface area contributed by atoms with E-state index in [2.05, 4.69) is 18.0 Å². The smallest absolute Gasteiger partial charge is 0.267 e. The Morgan fingerprint density at radius 2 is 1.63 bits per heavy atom. The maximum Gasteiger partial charge on any atom is 0.267 e. The lowest BCUT2D eigenvalue weighted by Crippen LogP contribution is -2.12. The lowest BCUT2D eigenvalue weighted by Gasteiger charge is -2.10. The molecule has 0 saturated heterocycles. The first-order valence-corrected chi connectivity index (χ1v) is 8.66. The molecular weight excluding hydrogens is 268 g/mol. The molecule has 0 N–H and O–H groups in total. The highest BCUT2D eigenvalue weighted by atomic mass is 32.2. The lowest BCUT2D eigenvalue weighted by atomic mass is 10.3. The number of ether oxygens (including phenoxy) is 2. The molecule has 5 nitrogen and oxygen atoms in total. The Balaban J connectivity index is 3.28. The Morgan fingerprint density at radius 1 is 1.00 bits per heavy atom. The largest absolute Gasteiger partial charge is 0.381 e. The predicted molar refractivity (Wildman–Crippen MR) is 75.8 cm³/mol. The van der Waals surface area contributed by atoms with Crippen molar-refractivity contribution in [1.82, 2.24) is 0 Å². The van der Waals surface area contributed by atoms with Crippen molar-refractivity contribution in [3.8, 4) is 0 Å². The molecule has 0 bridgehead atoms. The monoisotopic (exact) mass is 296 g/mol. The van der Waals surface area contributed by atoms with Crippen LogP contribution < -0.4 is 0 Å². The first-order chi connectivity index (χ1) is 9.02. The molecule has 0 aliphatic carbocycles. The van der Waals surface area contributed by atoms with Crippen molar-refractivity contribution >= 4 is 10.1 Å². The predicted octanol–water partition coefficient (Wildman–Crippen LogP) is 2.35. The van der Waals surface area contributed by atoms with Crippen LogP contribution in [-0.2, 0) is 23.8 Å². The van der Waals surface area contributed by atoms with E-state index in [1.54, 1.807) is 6.92 Å². The van der Waals surface area contributed by atoms with Crippen LogP contribution in [0.4, 0.5) is 0 Å². The van der Waals surface area contributed by atoms with Gasteiger partial charge in [-0.15, -0.1) is 0 Å². The van der Waals surface area contributed by atoms with Gasteiger partial charge in [0.25, 0.3) is 10.1 Å². The third-order valence-electron chi connectivity index (χ3n) is 2.64. The molecule has 116 valence electrons. The quantitative estimate of drug-likeness (QED) is 0.386. The second-order valence-electron chi connectivity index (χ2n) is 4.43. The van der Waals surface area contributed by atoms with Crippen LogP contribution in [0.2, 0.25) is 0 Å². The molecule has 1 atom stereocenters. The molecule has 0 fully saturated rings. The van der Waals surface area contributed by atoms with Crippen LogP contribution in [0.5, 0.6) is 0 Å². The fourth-order valence-corrected chi connectivity index (χ4v) is 2.34. The topological polar surface area (TPSA) is 61.8 Å². The van der Waals surface area contributed by atoms with Gasteiger partial charge in [-0.2, -0.15) is 8.42 Å². The van der Waals surface area contributed by atoms with Crippen LogP contribution in [0.15, 0.2) is 0 Å². The maximum atomic E-state index is 11.2. The maximum absolute atomic E-state index is 11.2. The van der Waals surface area contributed by atoms with E-state index in [1.807, 2.05) is 0 Å². The number of hydrogen-bond donors (Lipinski definition) is 0. The lowest BCUT2D eigenvalue weighted by molar-refractivity contribution is 0.0540. The highest BCUT2D eigenvalue weighted by molar-refractivity contribution is 7.86. The summed E-state index contributed by atoms with van der Waals surface area (Å²) in [7, 11) is -3.35. The summed E-state index contributed by atoms with van der Waals surface area (Å²) in [6, 6.07) is 0. The van der Waals surface area contributed by atoms with Crippen LogP contribution in [0.25, 0.3) is 0 Å². The SMILES string of the molecule is CCOS(=O)(=O)CCCOCCCCOC(C)CC. The Kier molecular flexibility index (Phi) is 11.5. The number of hydrogen-bond acceptors (Lipinski definition) is 5. The number of unbranched alkanes of at least 4 members (excludes halogenated alkanes) is 1.